The number of rotatable bonds is 1. The molecule has 0 radical (unpaired) electrons. The molecule has 0 heterocycles. The Balaban J connectivity index is 2.61. The zero-order valence-corrected chi connectivity index (χ0v) is 10.1. The number of fused-ring (bicyclic) bond motifs is 1. The van der Waals surface area contributed by atoms with E-state index in [0.717, 1.165) is 0 Å². The molecule has 1 aromatic rings. The summed E-state index contributed by atoms with van der Waals surface area (Å²) in [5.74, 6) is 0. The van der Waals surface area contributed by atoms with Gasteiger partial charge in [-0.05, 0) is 53.9 Å². The third-order valence-electron chi connectivity index (χ3n) is 3.69. The van der Waals surface area contributed by atoms with Gasteiger partial charge in [-0.2, -0.15) is 0 Å². The lowest BCUT2D eigenvalue weighted by Crippen LogP contribution is -2.24. The van der Waals surface area contributed by atoms with Crippen LogP contribution in [0.25, 0.3) is 6.08 Å². The molecule has 0 N–H and O–H groups in total. The van der Waals surface area contributed by atoms with Crippen LogP contribution in [0.2, 0.25) is 0 Å². The minimum atomic E-state index is 0.346. The van der Waals surface area contributed by atoms with Gasteiger partial charge in [-0.15, -0.1) is 0 Å². The average Bonchev–Trinajstić information content (AvgIpc) is 2.16. The number of hydrogen-bond acceptors (Lipinski definition) is 0. The number of aryl methyl sites for hydroxylation is 2. The van der Waals surface area contributed by atoms with E-state index in [4.69, 9.17) is 0 Å². The van der Waals surface area contributed by atoms with Crippen molar-refractivity contribution in [2.45, 2.75) is 45.4 Å². The minimum Gasteiger partial charge on any atom is -0.0985 e. The summed E-state index contributed by atoms with van der Waals surface area (Å²) in [6.07, 6.45) is 5.85. The summed E-state index contributed by atoms with van der Waals surface area (Å²) in [7, 11) is 0. The van der Waals surface area contributed by atoms with Crippen LogP contribution in [-0.2, 0) is 11.8 Å². The molecule has 0 nitrogen and oxygen atoms in total. The van der Waals surface area contributed by atoms with Gasteiger partial charge in [-0.25, -0.2) is 0 Å². The maximum absolute atomic E-state index is 3.89. The van der Waals surface area contributed by atoms with Crippen LogP contribution in [0.5, 0.6) is 0 Å². The summed E-state index contributed by atoms with van der Waals surface area (Å²) >= 11 is 0. The highest BCUT2D eigenvalue weighted by atomic mass is 14.3. The van der Waals surface area contributed by atoms with Crippen molar-refractivity contribution in [2.24, 2.45) is 0 Å². The maximum Gasteiger partial charge on any atom is -0.0100 e. The van der Waals surface area contributed by atoms with E-state index < -0.39 is 0 Å². The fraction of sp³-hybridized carbons (Fsp3) is 0.467. The lowest BCUT2D eigenvalue weighted by Gasteiger charge is -2.33. The highest BCUT2D eigenvalue weighted by molar-refractivity contribution is 5.56. The van der Waals surface area contributed by atoms with E-state index in [1.165, 1.54) is 36.0 Å². The van der Waals surface area contributed by atoms with Crippen LogP contribution in [0, 0.1) is 6.92 Å². The van der Waals surface area contributed by atoms with E-state index >= 15 is 0 Å². The highest BCUT2D eigenvalue weighted by Crippen LogP contribution is 2.38. The molecule has 0 saturated heterocycles. The summed E-state index contributed by atoms with van der Waals surface area (Å²) in [4.78, 5) is 0. The van der Waals surface area contributed by atoms with Crippen molar-refractivity contribution in [2.75, 3.05) is 0 Å². The van der Waals surface area contributed by atoms with Gasteiger partial charge in [0.1, 0.15) is 0 Å². The van der Waals surface area contributed by atoms with Crippen LogP contribution < -0.4 is 0 Å². The van der Waals surface area contributed by atoms with E-state index in [-0.39, 0.29) is 0 Å². The van der Waals surface area contributed by atoms with E-state index in [1.807, 2.05) is 6.08 Å². The lowest BCUT2D eigenvalue weighted by atomic mass is 9.72. The first-order valence-corrected chi connectivity index (χ1v) is 5.81. The van der Waals surface area contributed by atoms with Crippen molar-refractivity contribution in [3.63, 3.8) is 0 Å². The molecular formula is C15H20. The molecule has 0 heteroatoms. The van der Waals surface area contributed by atoms with Gasteiger partial charge in [0.25, 0.3) is 0 Å². The second-order valence-electron chi connectivity index (χ2n) is 5.31. The van der Waals surface area contributed by atoms with Crippen molar-refractivity contribution in [3.8, 4) is 0 Å². The first-order valence-electron chi connectivity index (χ1n) is 5.81. The van der Waals surface area contributed by atoms with Gasteiger partial charge in [0.2, 0.25) is 0 Å². The van der Waals surface area contributed by atoms with Crippen LogP contribution in [0.1, 0.15) is 48.9 Å². The van der Waals surface area contributed by atoms with Crippen molar-refractivity contribution < 1.29 is 0 Å². The molecule has 0 aliphatic heterocycles. The predicted molar refractivity (Wildman–Crippen MR) is 67.2 cm³/mol. The second-order valence-corrected chi connectivity index (χ2v) is 5.31. The van der Waals surface area contributed by atoms with Gasteiger partial charge in [-0.1, -0.05) is 38.6 Å². The molecule has 0 saturated carbocycles. The molecule has 1 aliphatic carbocycles. The summed E-state index contributed by atoms with van der Waals surface area (Å²) in [6, 6.07) is 4.70. The first kappa shape index (κ1) is 10.5. The topological polar surface area (TPSA) is 0 Å². The first-order chi connectivity index (χ1) is 7.04. The molecule has 0 atom stereocenters. The largest absolute Gasteiger partial charge is 0.0985 e. The van der Waals surface area contributed by atoms with Gasteiger partial charge < -0.3 is 0 Å². The summed E-state index contributed by atoms with van der Waals surface area (Å²) in [6.45, 7) is 10.8. The molecule has 15 heavy (non-hydrogen) atoms. The Kier molecular flexibility index (Phi) is 2.46. The van der Waals surface area contributed by atoms with Crippen LogP contribution in [0.3, 0.4) is 0 Å². The van der Waals surface area contributed by atoms with Crippen LogP contribution >= 0.6 is 0 Å². The Morgan fingerprint density at radius 3 is 2.73 bits per heavy atom. The Labute approximate surface area is 93.0 Å². The summed E-state index contributed by atoms with van der Waals surface area (Å²) < 4.78 is 0. The molecule has 0 fully saturated rings. The zero-order chi connectivity index (χ0) is 11.1. The monoisotopic (exact) mass is 200 g/mol. The fourth-order valence-electron chi connectivity index (χ4n) is 2.70. The van der Waals surface area contributed by atoms with Gasteiger partial charge in [0.05, 0.1) is 0 Å². The summed E-state index contributed by atoms with van der Waals surface area (Å²) in [5, 5.41) is 0. The lowest BCUT2D eigenvalue weighted by molar-refractivity contribution is 0.431. The van der Waals surface area contributed by atoms with E-state index in [2.05, 4.69) is 39.5 Å². The van der Waals surface area contributed by atoms with Crippen molar-refractivity contribution in [1.82, 2.24) is 0 Å². The third-order valence-corrected chi connectivity index (χ3v) is 3.69. The van der Waals surface area contributed by atoms with Gasteiger partial charge in [-0.3, -0.25) is 0 Å². The maximum atomic E-state index is 3.89. The van der Waals surface area contributed by atoms with Crippen LogP contribution in [0.15, 0.2) is 18.7 Å². The third kappa shape index (κ3) is 1.73. The molecule has 0 amide bonds. The van der Waals surface area contributed by atoms with Crippen molar-refractivity contribution in [3.05, 3.63) is 41.0 Å². The number of benzene rings is 1. The Hall–Kier alpha value is -1.04. The zero-order valence-electron chi connectivity index (χ0n) is 10.1. The molecule has 0 bridgehead atoms. The highest BCUT2D eigenvalue weighted by Gasteiger charge is 2.27. The van der Waals surface area contributed by atoms with Gasteiger partial charge in [0, 0.05) is 0 Å². The molecule has 1 aromatic carbocycles. The number of hydrogen-bond donors (Lipinski definition) is 0. The molecular weight excluding hydrogens is 180 g/mol. The normalized spacial score (nSPS) is 18.3. The van der Waals surface area contributed by atoms with Gasteiger partial charge in [0.15, 0.2) is 0 Å². The molecule has 0 unspecified atom stereocenters. The second kappa shape index (κ2) is 3.52. The van der Waals surface area contributed by atoms with Crippen molar-refractivity contribution in [1.29, 1.82) is 0 Å². The fourth-order valence-corrected chi connectivity index (χ4v) is 2.70. The Morgan fingerprint density at radius 1 is 1.33 bits per heavy atom. The predicted octanol–water partition coefficient (Wildman–Crippen LogP) is 4.25. The Morgan fingerprint density at radius 2 is 2.07 bits per heavy atom. The van der Waals surface area contributed by atoms with E-state index in [0.29, 0.717) is 5.41 Å². The molecule has 0 spiro atoms. The summed E-state index contributed by atoms with van der Waals surface area (Å²) in [5.41, 5.74) is 6.09. The molecule has 0 aromatic heterocycles. The van der Waals surface area contributed by atoms with Crippen molar-refractivity contribution >= 4 is 6.08 Å². The van der Waals surface area contributed by atoms with Gasteiger partial charge >= 0.3 is 0 Å². The smallest absolute Gasteiger partial charge is 0.0100 e. The molecule has 2 rings (SSSR count). The standard InChI is InChI=1S/C15H20/c1-5-12-10-14-13(9-11(12)2)7-6-8-15(14,3)4/h5,9-10H,1,6-8H2,2-4H3. The van der Waals surface area contributed by atoms with Crippen LogP contribution in [-0.4, -0.2) is 0 Å². The Bertz CT molecular complexity index is 397. The molecule has 1 aliphatic rings. The quantitative estimate of drug-likeness (QED) is 0.635. The molecule has 80 valence electrons. The van der Waals surface area contributed by atoms with E-state index in [1.54, 1.807) is 5.56 Å². The SMILES string of the molecule is C=Cc1cc2c(cc1C)CCCC2(C)C. The minimum absolute atomic E-state index is 0.346. The average molecular weight is 200 g/mol. The van der Waals surface area contributed by atoms with E-state index in [9.17, 15) is 0 Å². The van der Waals surface area contributed by atoms with Crippen LogP contribution in [0.4, 0.5) is 0 Å².